The molecule has 0 aliphatic carbocycles. The molecule has 1 rings (SSSR count). The molecular formula is C46H83N3O8S2. The summed E-state index contributed by atoms with van der Waals surface area (Å²) in [5.41, 5.74) is 0.639. The van der Waals surface area contributed by atoms with Crippen LogP contribution in [0.2, 0.25) is 0 Å². The van der Waals surface area contributed by atoms with Crippen molar-refractivity contribution in [2.45, 2.75) is 188 Å². The molecule has 0 fully saturated rings. The molecule has 2 atom stereocenters. The van der Waals surface area contributed by atoms with Crippen molar-refractivity contribution in [1.29, 1.82) is 0 Å². The minimum absolute atomic E-state index is 0.0609. The Morgan fingerprint density at radius 1 is 0.559 bits per heavy atom. The number of aromatic nitrogens is 2. The van der Waals surface area contributed by atoms with Gasteiger partial charge in [-0.1, -0.05) is 178 Å². The number of amides is 1. The highest BCUT2D eigenvalue weighted by atomic mass is 33.1. The molecule has 13 heteroatoms. The van der Waals surface area contributed by atoms with E-state index in [0.29, 0.717) is 17.2 Å². The van der Waals surface area contributed by atoms with Gasteiger partial charge in [0.2, 0.25) is 0 Å². The maximum atomic E-state index is 13.4. The predicted molar refractivity (Wildman–Crippen MR) is 243 cm³/mol. The number of hydrogen-bond acceptors (Lipinski definition) is 11. The van der Waals surface area contributed by atoms with E-state index in [-0.39, 0.29) is 75.7 Å². The highest BCUT2D eigenvalue weighted by Gasteiger charge is 2.23. The molecule has 0 spiro atoms. The minimum Gasteiger partial charge on any atom is -0.464 e. The number of imidazole rings is 1. The summed E-state index contributed by atoms with van der Waals surface area (Å²) >= 11 is 0. The first kappa shape index (κ1) is 54.6. The Morgan fingerprint density at radius 2 is 0.966 bits per heavy atom. The molecule has 1 amide bonds. The first-order chi connectivity index (χ1) is 28.9. The third-order valence-corrected chi connectivity index (χ3v) is 12.9. The molecule has 0 aromatic carbocycles. The Labute approximate surface area is 366 Å². The molecule has 1 heterocycles. The lowest BCUT2D eigenvalue weighted by atomic mass is 9.94. The van der Waals surface area contributed by atoms with E-state index in [9.17, 15) is 19.2 Å². The van der Waals surface area contributed by atoms with Crippen molar-refractivity contribution < 1.29 is 38.1 Å². The van der Waals surface area contributed by atoms with Crippen LogP contribution in [0.5, 0.6) is 0 Å². The van der Waals surface area contributed by atoms with Gasteiger partial charge in [0.15, 0.2) is 0 Å². The fraction of sp³-hybridized carbons (Fsp3) is 0.848. The molecule has 0 saturated heterocycles. The Hall–Kier alpha value is -2.41. The standard InChI is InChI=1S/C46H83N3O8S2/c1-5-9-13-17-19-23-27-40(25-21-15-11-7-3)44(51)55-31-29-49(46(53)57-34-36-59-58-35-33-54-43(50)37-42-38-47-39-48-42)30-32-56-45(52)41(26-22-16-12-8-4)28-24-20-18-14-10-6-2/h38-41H,5-37H2,1-4H3,(H,47,48). The topological polar surface area (TPSA) is 137 Å². The summed E-state index contributed by atoms with van der Waals surface area (Å²) in [4.78, 5) is 60.4. The van der Waals surface area contributed by atoms with Crippen LogP contribution in [-0.4, -0.2) is 89.9 Å². The van der Waals surface area contributed by atoms with Gasteiger partial charge in [-0.2, -0.15) is 0 Å². The molecule has 0 radical (unpaired) electrons. The summed E-state index contributed by atoms with van der Waals surface area (Å²) in [6, 6.07) is 0. The highest BCUT2D eigenvalue weighted by Crippen LogP contribution is 2.23. The van der Waals surface area contributed by atoms with Crippen molar-refractivity contribution in [2.24, 2.45) is 11.8 Å². The normalized spacial score (nSPS) is 12.2. The van der Waals surface area contributed by atoms with Crippen molar-refractivity contribution in [3.63, 3.8) is 0 Å². The van der Waals surface area contributed by atoms with Crippen LogP contribution in [0.3, 0.4) is 0 Å². The summed E-state index contributed by atoms with van der Waals surface area (Å²) in [7, 11) is 3.07. The van der Waals surface area contributed by atoms with Crippen molar-refractivity contribution >= 4 is 45.6 Å². The number of ether oxygens (including phenoxy) is 4. The van der Waals surface area contributed by atoms with Crippen LogP contribution in [0, 0.1) is 11.8 Å². The van der Waals surface area contributed by atoms with Gasteiger partial charge in [0.1, 0.15) is 26.4 Å². The van der Waals surface area contributed by atoms with Gasteiger partial charge in [0.25, 0.3) is 0 Å². The Morgan fingerprint density at radius 3 is 1.39 bits per heavy atom. The predicted octanol–water partition coefficient (Wildman–Crippen LogP) is 12.1. The van der Waals surface area contributed by atoms with Gasteiger partial charge in [-0.25, -0.2) is 9.78 Å². The summed E-state index contributed by atoms with van der Waals surface area (Å²) in [6.45, 7) is 9.71. The second-order valence-corrected chi connectivity index (χ2v) is 18.4. The highest BCUT2D eigenvalue weighted by molar-refractivity contribution is 8.76. The number of carbonyl (C=O) groups is 4. The van der Waals surface area contributed by atoms with Gasteiger partial charge in [-0.05, 0) is 25.7 Å². The third kappa shape index (κ3) is 31.2. The first-order valence-electron chi connectivity index (χ1n) is 23.5. The van der Waals surface area contributed by atoms with Crippen LogP contribution in [-0.2, 0) is 39.8 Å². The van der Waals surface area contributed by atoms with E-state index in [0.717, 1.165) is 89.9 Å². The Balaban J connectivity index is 2.73. The molecule has 1 aromatic rings. The van der Waals surface area contributed by atoms with Gasteiger partial charge in [-0.3, -0.25) is 14.4 Å². The third-order valence-electron chi connectivity index (χ3n) is 10.5. The van der Waals surface area contributed by atoms with Crippen LogP contribution in [0.1, 0.15) is 187 Å². The maximum absolute atomic E-state index is 13.4. The zero-order valence-corrected chi connectivity index (χ0v) is 39.3. The smallest absolute Gasteiger partial charge is 0.410 e. The molecular weight excluding hydrogens is 787 g/mol. The zero-order valence-electron chi connectivity index (χ0n) is 37.6. The van der Waals surface area contributed by atoms with Crippen LogP contribution >= 0.6 is 21.6 Å². The number of rotatable bonds is 41. The van der Waals surface area contributed by atoms with Crippen LogP contribution in [0.4, 0.5) is 4.79 Å². The average molecular weight is 870 g/mol. The van der Waals surface area contributed by atoms with Crippen LogP contribution < -0.4 is 0 Å². The van der Waals surface area contributed by atoms with Crippen molar-refractivity contribution in [1.82, 2.24) is 14.9 Å². The van der Waals surface area contributed by atoms with Gasteiger partial charge < -0.3 is 28.8 Å². The number of nitrogens with zero attached hydrogens (tertiary/aromatic N) is 2. The van der Waals surface area contributed by atoms with E-state index in [1.54, 1.807) is 6.20 Å². The molecule has 0 bridgehead atoms. The molecule has 2 unspecified atom stereocenters. The first-order valence-corrected chi connectivity index (χ1v) is 26.0. The van der Waals surface area contributed by atoms with E-state index in [4.69, 9.17) is 18.9 Å². The second kappa shape index (κ2) is 39.7. The van der Waals surface area contributed by atoms with E-state index in [2.05, 4.69) is 37.7 Å². The maximum Gasteiger partial charge on any atom is 0.410 e. The summed E-state index contributed by atoms with van der Waals surface area (Å²) in [5.74, 6) is 0.195. The lowest BCUT2D eigenvalue weighted by molar-refractivity contribution is -0.150. The average Bonchev–Trinajstić information content (AvgIpc) is 3.75. The molecule has 11 nitrogen and oxygen atoms in total. The van der Waals surface area contributed by atoms with Crippen molar-refractivity contribution in [3.05, 3.63) is 18.2 Å². The summed E-state index contributed by atoms with van der Waals surface area (Å²) in [5, 5.41) is 0. The molecule has 59 heavy (non-hydrogen) atoms. The Bertz CT molecular complexity index is 1110. The SMILES string of the molecule is CCCCCCCCC(CCCCCC)C(=O)OCCN(CCOC(=O)C(CCCCCC)CCCCCCCC)C(=O)OCCSSCCOC(=O)Cc1c[nH]cn1. The zero-order chi connectivity index (χ0) is 43.0. The number of hydrogen-bond donors (Lipinski definition) is 1. The van der Waals surface area contributed by atoms with Gasteiger partial charge in [0, 0.05) is 17.7 Å². The van der Waals surface area contributed by atoms with Crippen molar-refractivity contribution in [3.8, 4) is 0 Å². The molecule has 0 aliphatic heterocycles. The lowest BCUT2D eigenvalue weighted by Crippen LogP contribution is -2.38. The molecule has 0 saturated carbocycles. The molecule has 342 valence electrons. The second-order valence-electron chi connectivity index (χ2n) is 15.7. The van der Waals surface area contributed by atoms with Crippen molar-refractivity contribution in [2.75, 3.05) is 51.0 Å². The number of aromatic amines is 1. The number of esters is 3. The Kier molecular flexibility index (Phi) is 36.8. The number of unbranched alkanes of at least 4 members (excludes halogenated alkanes) is 16. The molecule has 0 aliphatic rings. The summed E-state index contributed by atoms with van der Waals surface area (Å²) in [6.07, 6.45) is 29.1. The van der Waals surface area contributed by atoms with Gasteiger partial charge in [0.05, 0.1) is 43.4 Å². The van der Waals surface area contributed by atoms with Gasteiger partial charge >= 0.3 is 24.0 Å². The van der Waals surface area contributed by atoms with Gasteiger partial charge in [-0.15, -0.1) is 0 Å². The largest absolute Gasteiger partial charge is 0.464 e. The van der Waals surface area contributed by atoms with E-state index in [1.807, 2.05) is 0 Å². The van der Waals surface area contributed by atoms with E-state index in [1.165, 1.54) is 97.0 Å². The molecule has 1 N–H and O–H groups in total. The van der Waals surface area contributed by atoms with Crippen LogP contribution in [0.25, 0.3) is 0 Å². The molecule has 1 aromatic heterocycles. The number of H-pyrrole nitrogens is 1. The fourth-order valence-corrected chi connectivity index (χ4v) is 8.58. The monoisotopic (exact) mass is 870 g/mol. The fourth-order valence-electron chi connectivity index (χ4n) is 6.93. The number of nitrogens with one attached hydrogen (secondary N) is 1. The number of carbonyl (C=O) groups excluding carboxylic acids is 4. The van der Waals surface area contributed by atoms with E-state index < -0.39 is 6.09 Å². The van der Waals surface area contributed by atoms with E-state index >= 15 is 0 Å². The minimum atomic E-state index is -0.526. The lowest BCUT2D eigenvalue weighted by Gasteiger charge is -2.23. The summed E-state index contributed by atoms with van der Waals surface area (Å²) < 4.78 is 22.6. The van der Waals surface area contributed by atoms with Crippen LogP contribution in [0.15, 0.2) is 12.5 Å². The quantitative estimate of drug-likeness (QED) is 0.0291.